The van der Waals surface area contributed by atoms with E-state index in [2.05, 4.69) is 9.46 Å². The average Bonchev–Trinajstić information content (AvgIpc) is 3.35. The quantitative estimate of drug-likeness (QED) is 0.669. The van der Waals surface area contributed by atoms with Crippen molar-refractivity contribution in [1.29, 1.82) is 0 Å². The Morgan fingerprint density at radius 1 is 1.41 bits per heavy atom. The molecule has 1 fully saturated rings. The predicted molar refractivity (Wildman–Crippen MR) is 97.4 cm³/mol. The van der Waals surface area contributed by atoms with Gasteiger partial charge in [0.15, 0.2) is 0 Å². The summed E-state index contributed by atoms with van der Waals surface area (Å²) < 4.78 is 29.1. The van der Waals surface area contributed by atoms with Crippen molar-refractivity contribution in [2.24, 2.45) is 10.3 Å². The van der Waals surface area contributed by atoms with E-state index in [4.69, 9.17) is 9.47 Å². The Bertz CT molecular complexity index is 838. The molecule has 0 aromatic carbocycles. The van der Waals surface area contributed by atoms with E-state index in [0.717, 1.165) is 0 Å². The minimum absolute atomic E-state index is 0.0513. The number of carbonyl (C=O) groups excluding carboxylic acids is 2. The summed E-state index contributed by atoms with van der Waals surface area (Å²) in [5.74, 6) is -0.0783. The Morgan fingerprint density at radius 2 is 2.15 bits per heavy atom. The Labute approximate surface area is 159 Å². The molecule has 1 aliphatic heterocycles. The average molecular weight is 398 g/mol. The third-order valence-corrected chi connectivity index (χ3v) is 6.52. The van der Waals surface area contributed by atoms with Gasteiger partial charge in [0.2, 0.25) is 5.91 Å². The monoisotopic (exact) mass is 398 g/mol. The van der Waals surface area contributed by atoms with Crippen molar-refractivity contribution >= 4 is 21.5 Å². The van der Waals surface area contributed by atoms with Crippen LogP contribution >= 0.6 is 0 Å². The molecule has 0 radical (unpaired) electrons. The molecule has 150 valence electrons. The Balaban J connectivity index is 1.73. The number of hydrogen-bond acceptors (Lipinski definition) is 6. The normalized spacial score (nSPS) is 19.9. The SMILES string of the molecule is CO[C@H](C)C(=O)N=S(C)(=O)c1cnn2c1CN(C(=O)COCC1CC1)CC2. The number of nitrogens with zero attached hydrogens (tertiary/aromatic N) is 4. The molecule has 0 saturated heterocycles. The molecule has 0 spiro atoms. The second kappa shape index (κ2) is 8.07. The summed E-state index contributed by atoms with van der Waals surface area (Å²) in [4.78, 5) is 26.5. The summed E-state index contributed by atoms with van der Waals surface area (Å²) in [5, 5.41) is 4.25. The number of hydrogen-bond donors (Lipinski definition) is 0. The van der Waals surface area contributed by atoms with Gasteiger partial charge in [-0.2, -0.15) is 9.46 Å². The van der Waals surface area contributed by atoms with Gasteiger partial charge in [0.25, 0.3) is 5.91 Å². The molecule has 0 bridgehead atoms. The van der Waals surface area contributed by atoms with Crippen LogP contribution in [0.1, 0.15) is 25.5 Å². The lowest BCUT2D eigenvalue weighted by Gasteiger charge is -2.28. The van der Waals surface area contributed by atoms with Gasteiger partial charge in [-0.15, -0.1) is 0 Å². The largest absolute Gasteiger partial charge is 0.372 e. The fourth-order valence-electron chi connectivity index (χ4n) is 2.83. The molecule has 9 nitrogen and oxygen atoms in total. The first-order chi connectivity index (χ1) is 12.8. The molecule has 2 atom stereocenters. The highest BCUT2D eigenvalue weighted by Crippen LogP contribution is 2.29. The molecule has 2 heterocycles. The molecule has 10 heteroatoms. The zero-order valence-corrected chi connectivity index (χ0v) is 16.7. The summed E-state index contributed by atoms with van der Waals surface area (Å²) in [6.45, 7) is 3.52. The van der Waals surface area contributed by atoms with Gasteiger partial charge < -0.3 is 14.4 Å². The molecule has 27 heavy (non-hydrogen) atoms. The number of amides is 2. The topological polar surface area (TPSA) is 103 Å². The van der Waals surface area contributed by atoms with Crippen LogP contribution in [0.25, 0.3) is 0 Å². The van der Waals surface area contributed by atoms with E-state index in [-0.39, 0.29) is 19.1 Å². The highest BCUT2D eigenvalue weighted by Gasteiger charge is 2.28. The second-order valence-electron chi connectivity index (χ2n) is 7.06. The van der Waals surface area contributed by atoms with Crippen molar-refractivity contribution in [3.63, 3.8) is 0 Å². The maximum absolute atomic E-state index is 13.1. The van der Waals surface area contributed by atoms with Crippen LogP contribution in [0, 0.1) is 5.92 Å². The van der Waals surface area contributed by atoms with Crippen LogP contribution in [-0.4, -0.2) is 69.9 Å². The maximum atomic E-state index is 13.1. The number of ether oxygens (including phenoxy) is 2. The van der Waals surface area contributed by atoms with Crippen LogP contribution in [0.15, 0.2) is 15.5 Å². The van der Waals surface area contributed by atoms with Crippen molar-refractivity contribution in [3.8, 4) is 0 Å². The standard InChI is InChI=1S/C17H26N4O5S/c1-12(25-2)17(23)19-27(3,24)15-8-18-21-7-6-20(9-14(15)21)16(22)11-26-10-13-4-5-13/h8,12-13H,4-7,9-11H2,1-3H3/t12-,27?/m1/s1. The fraction of sp³-hybridized carbons (Fsp3) is 0.706. The van der Waals surface area contributed by atoms with Crippen molar-refractivity contribution in [2.45, 2.75) is 43.9 Å². The smallest absolute Gasteiger partial charge is 0.282 e. The number of rotatable bonds is 7. The second-order valence-corrected chi connectivity index (χ2v) is 9.29. The number of methoxy groups -OCH3 is 1. The molecule has 1 aliphatic carbocycles. The molecule has 2 aliphatic rings. The van der Waals surface area contributed by atoms with Crippen molar-refractivity contribution in [3.05, 3.63) is 11.9 Å². The van der Waals surface area contributed by atoms with Crippen LogP contribution in [0.4, 0.5) is 0 Å². The minimum Gasteiger partial charge on any atom is -0.372 e. The number of carbonyl (C=O) groups is 2. The van der Waals surface area contributed by atoms with Gasteiger partial charge in [-0.1, -0.05) is 0 Å². The molecule has 0 N–H and O–H groups in total. The Kier molecular flexibility index (Phi) is 5.97. The number of aromatic nitrogens is 2. The van der Waals surface area contributed by atoms with Crippen molar-refractivity contribution in [2.75, 3.05) is 33.1 Å². The van der Waals surface area contributed by atoms with Gasteiger partial charge in [0, 0.05) is 19.9 Å². The third-order valence-electron chi connectivity index (χ3n) is 4.83. The zero-order valence-electron chi connectivity index (χ0n) is 15.9. The van der Waals surface area contributed by atoms with Crippen molar-refractivity contribution < 1.29 is 23.3 Å². The van der Waals surface area contributed by atoms with E-state index in [0.29, 0.717) is 36.2 Å². The first kappa shape index (κ1) is 20.0. The Hall–Kier alpha value is -1.78. The van der Waals surface area contributed by atoms with Crippen LogP contribution < -0.4 is 0 Å². The predicted octanol–water partition coefficient (Wildman–Crippen LogP) is 0.670. The summed E-state index contributed by atoms with van der Waals surface area (Å²) in [7, 11) is -1.59. The number of fused-ring (bicyclic) bond motifs is 1. The fourth-order valence-corrected chi connectivity index (χ4v) is 4.27. The van der Waals surface area contributed by atoms with Gasteiger partial charge in [0.1, 0.15) is 12.7 Å². The molecular formula is C17H26N4O5S. The summed E-state index contributed by atoms with van der Waals surface area (Å²) in [6, 6.07) is 0. The molecule has 1 saturated carbocycles. The Morgan fingerprint density at radius 3 is 2.81 bits per heavy atom. The summed E-state index contributed by atoms with van der Waals surface area (Å²) >= 11 is 0. The van der Waals surface area contributed by atoms with Gasteiger partial charge in [-0.3, -0.25) is 14.3 Å². The van der Waals surface area contributed by atoms with Gasteiger partial charge in [0.05, 0.1) is 46.2 Å². The molecule has 3 rings (SSSR count). The molecule has 1 aromatic heterocycles. The third kappa shape index (κ3) is 4.74. The van der Waals surface area contributed by atoms with Crippen LogP contribution in [0.2, 0.25) is 0 Å². The highest BCUT2D eigenvalue weighted by atomic mass is 32.2. The minimum atomic E-state index is -2.99. The van der Waals surface area contributed by atoms with Gasteiger partial charge in [-0.25, -0.2) is 4.21 Å². The van der Waals surface area contributed by atoms with Gasteiger partial charge in [-0.05, 0) is 25.7 Å². The maximum Gasteiger partial charge on any atom is 0.282 e. The van der Waals surface area contributed by atoms with E-state index in [1.54, 1.807) is 16.5 Å². The van der Waals surface area contributed by atoms with E-state index in [1.165, 1.54) is 32.4 Å². The lowest BCUT2D eigenvalue weighted by molar-refractivity contribution is -0.137. The molecular weight excluding hydrogens is 372 g/mol. The highest BCUT2D eigenvalue weighted by molar-refractivity contribution is 7.93. The van der Waals surface area contributed by atoms with Crippen LogP contribution in [0.5, 0.6) is 0 Å². The van der Waals surface area contributed by atoms with E-state index in [9.17, 15) is 13.8 Å². The first-order valence-electron chi connectivity index (χ1n) is 9.01. The van der Waals surface area contributed by atoms with E-state index < -0.39 is 21.7 Å². The lowest BCUT2D eigenvalue weighted by Crippen LogP contribution is -2.40. The first-order valence-corrected chi connectivity index (χ1v) is 10.9. The molecule has 2 amide bonds. The van der Waals surface area contributed by atoms with E-state index in [1.807, 2.05) is 0 Å². The zero-order chi connectivity index (χ0) is 19.6. The summed E-state index contributed by atoms with van der Waals surface area (Å²) in [5.41, 5.74) is 0.644. The molecule has 1 unspecified atom stereocenters. The lowest BCUT2D eigenvalue weighted by atomic mass is 10.3. The van der Waals surface area contributed by atoms with Gasteiger partial charge >= 0.3 is 0 Å². The van der Waals surface area contributed by atoms with E-state index >= 15 is 0 Å². The molecule has 1 aromatic rings. The van der Waals surface area contributed by atoms with Crippen molar-refractivity contribution in [1.82, 2.24) is 14.7 Å². The van der Waals surface area contributed by atoms with Crippen LogP contribution in [0.3, 0.4) is 0 Å². The van der Waals surface area contributed by atoms with Crippen LogP contribution in [-0.2, 0) is 41.9 Å². The summed E-state index contributed by atoms with van der Waals surface area (Å²) in [6.07, 6.45) is 4.47.